The normalized spacial score (nSPS) is 22.0. The molecule has 1 spiro atoms. The highest BCUT2D eigenvalue weighted by molar-refractivity contribution is 5.80. The Kier molecular flexibility index (Phi) is 6.93. The van der Waals surface area contributed by atoms with E-state index < -0.39 is 0 Å². The molecule has 1 aromatic rings. The molecule has 4 rings (SSSR count). The van der Waals surface area contributed by atoms with Crippen molar-refractivity contribution in [2.75, 3.05) is 59.1 Å². The number of rotatable bonds is 7. The van der Waals surface area contributed by atoms with Crippen molar-refractivity contribution in [3.8, 4) is 5.75 Å². The summed E-state index contributed by atoms with van der Waals surface area (Å²) in [7, 11) is 0. The lowest BCUT2D eigenvalue weighted by atomic mass is 9.68. The van der Waals surface area contributed by atoms with Crippen molar-refractivity contribution in [1.82, 2.24) is 15.1 Å². The first kappa shape index (κ1) is 20.5. The number of hydrogen-bond acceptors (Lipinski definition) is 4. The van der Waals surface area contributed by atoms with Gasteiger partial charge in [-0.1, -0.05) is 18.6 Å². The van der Waals surface area contributed by atoms with Gasteiger partial charge in [0.2, 0.25) is 0 Å². The molecule has 2 aliphatic heterocycles. The number of nitrogens with zero attached hydrogens (tertiary/aromatic N) is 3. The van der Waals surface area contributed by atoms with E-state index in [4.69, 9.17) is 14.5 Å². The zero-order valence-electron chi connectivity index (χ0n) is 17.9. The quantitative estimate of drug-likeness (QED) is 0.563. The number of benzene rings is 1. The van der Waals surface area contributed by atoms with Gasteiger partial charge in [0, 0.05) is 39.3 Å². The fourth-order valence-electron chi connectivity index (χ4n) is 4.64. The van der Waals surface area contributed by atoms with E-state index >= 15 is 0 Å². The van der Waals surface area contributed by atoms with Gasteiger partial charge in [0.25, 0.3) is 0 Å². The molecule has 0 radical (unpaired) electrons. The van der Waals surface area contributed by atoms with Crippen LogP contribution < -0.4 is 10.1 Å². The molecular weight excluding hydrogens is 364 g/mol. The number of hydrogen-bond donors (Lipinski definition) is 1. The average molecular weight is 401 g/mol. The predicted molar refractivity (Wildman–Crippen MR) is 116 cm³/mol. The lowest BCUT2D eigenvalue weighted by molar-refractivity contribution is 0.0322. The van der Waals surface area contributed by atoms with E-state index in [0.717, 1.165) is 57.6 Å². The zero-order chi connectivity index (χ0) is 19.9. The molecule has 0 amide bonds. The van der Waals surface area contributed by atoms with Crippen LogP contribution in [0.1, 0.15) is 38.2 Å². The second-order valence-electron chi connectivity index (χ2n) is 8.65. The number of nitrogens with one attached hydrogen (secondary N) is 1. The minimum atomic E-state index is 0.588. The minimum Gasteiger partial charge on any atom is -0.492 e. The molecule has 2 saturated heterocycles. The van der Waals surface area contributed by atoms with Crippen molar-refractivity contribution in [3.63, 3.8) is 0 Å². The standard InChI is InChI=1S/C23H36N4O2/c1-2-24-22(27-10-9-23(19-27)7-4-8-23)25-18-20-5-3-6-21(17-20)29-16-13-26-11-14-28-15-12-26/h3,5-6,17H,2,4,7-16,18-19H2,1H3,(H,24,25). The third-order valence-corrected chi connectivity index (χ3v) is 6.58. The molecule has 1 saturated carbocycles. The summed E-state index contributed by atoms with van der Waals surface area (Å²) in [6, 6.07) is 8.38. The molecular formula is C23H36N4O2. The van der Waals surface area contributed by atoms with Crippen molar-refractivity contribution in [1.29, 1.82) is 0 Å². The summed E-state index contributed by atoms with van der Waals surface area (Å²) in [5.41, 5.74) is 1.78. The minimum absolute atomic E-state index is 0.588. The summed E-state index contributed by atoms with van der Waals surface area (Å²) < 4.78 is 11.4. The van der Waals surface area contributed by atoms with Gasteiger partial charge >= 0.3 is 0 Å². The van der Waals surface area contributed by atoms with Gasteiger partial charge < -0.3 is 19.7 Å². The molecule has 0 atom stereocenters. The number of ether oxygens (including phenoxy) is 2. The van der Waals surface area contributed by atoms with Crippen molar-refractivity contribution in [2.24, 2.45) is 10.4 Å². The molecule has 3 fully saturated rings. The first-order chi connectivity index (χ1) is 14.3. The second-order valence-corrected chi connectivity index (χ2v) is 8.65. The average Bonchev–Trinajstić information content (AvgIpc) is 3.19. The second kappa shape index (κ2) is 9.81. The summed E-state index contributed by atoms with van der Waals surface area (Å²) in [6.45, 7) is 11.4. The van der Waals surface area contributed by atoms with E-state index in [-0.39, 0.29) is 0 Å². The van der Waals surface area contributed by atoms with Gasteiger partial charge in [0.1, 0.15) is 12.4 Å². The van der Waals surface area contributed by atoms with Gasteiger partial charge in [0.05, 0.1) is 19.8 Å². The Hall–Kier alpha value is -1.79. The smallest absolute Gasteiger partial charge is 0.194 e. The summed E-state index contributed by atoms with van der Waals surface area (Å²) in [4.78, 5) is 9.80. The van der Waals surface area contributed by atoms with Gasteiger partial charge in [-0.2, -0.15) is 0 Å². The van der Waals surface area contributed by atoms with Crippen LogP contribution in [0.4, 0.5) is 0 Å². The summed E-state index contributed by atoms with van der Waals surface area (Å²) in [5, 5.41) is 3.49. The van der Waals surface area contributed by atoms with Gasteiger partial charge in [-0.15, -0.1) is 0 Å². The summed E-state index contributed by atoms with van der Waals surface area (Å²) >= 11 is 0. The highest BCUT2D eigenvalue weighted by Crippen LogP contribution is 2.47. The molecule has 1 N–H and O–H groups in total. The molecule has 6 nitrogen and oxygen atoms in total. The Morgan fingerprint density at radius 2 is 2.07 bits per heavy atom. The Labute approximate surface area is 175 Å². The maximum absolute atomic E-state index is 6.00. The number of aliphatic imine (C=N–C) groups is 1. The third-order valence-electron chi connectivity index (χ3n) is 6.58. The van der Waals surface area contributed by atoms with Crippen LogP contribution in [0.3, 0.4) is 0 Å². The molecule has 3 aliphatic rings. The van der Waals surface area contributed by atoms with Crippen LogP contribution in [0.5, 0.6) is 5.75 Å². The van der Waals surface area contributed by atoms with Gasteiger partial charge in [-0.25, -0.2) is 4.99 Å². The van der Waals surface area contributed by atoms with Crippen molar-refractivity contribution < 1.29 is 9.47 Å². The molecule has 160 valence electrons. The SMILES string of the molecule is CCNC(=NCc1cccc(OCCN2CCOCC2)c1)N1CCC2(CCC2)C1. The van der Waals surface area contributed by atoms with E-state index in [0.29, 0.717) is 18.6 Å². The van der Waals surface area contributed by atoms with Gasteiger partial charge in [0.15, 0.2) is 5.96 Å². The lowest BCUT2D eigenvalue weighted by Crippen LogP contribution is -2.42. The monoisotopic (exact) mass is 400 g/mol. The van der Waals surface area contributed by atoms with Crippen LogP contribution in [0.25, 0.3) is 0 Å². The number of guanidine groups is 1. The fourth-order valence-corrected chi connectivity index (χ4v) is 4.64. The van der Waals surface area contributed by atoms with Crippen LogP contribution in [0.2, 0.25) is 0 Å². The maximum atomic E-state index is 6.00. The fraction of sp³-hybridized carbons (Fsp3) is 0.696. The Morgan fingerprint density at radius 3 is 2.79 bits per heavy atom. The van der Waals surface area contributed by atoms with E-state index in [1.807, 2.05) is 6.07 Å². The van der Waals surface area contributed by atoms with Crippen LogP contribution in [0.15, 0.2) is 29.3 Å². The Morgan fingerprint density at radius 1 is 1.21 bits per heavy atom. The molecule has 6 heteroatoms. The molecule has 2 heterocycles. The maximum Gasteiger partial charge on any atom is 0.194 e. The Bertz CT molecular complexity index is 683. The van der Waals surface area contributed by atoms with Crippen LogP contribution in [-0.2, 0) is 11.3 Å². The van der Waals surface area contributed by atoms with Gasteiger partial charge in [-0.3, -0.25) is 4.90 Å². The predicted octanol–water partition coefficient (Wildman–Crippen LogP) is 2.74. The molecule has 0 bridgehead atoms. The molecule has 0 aromatic heterocycles. The Balaban J connectivity index is 1.29. The van der Waals surface area contributed by atoms with Gasteiger partial charge in [-0.05, 0) is 49.3 Å². The number of morpholine rings is 1. The zero-order valence-corrected chi connectivity index (χ0v) is 17.9. The van der Waals surface area contributed by atoms with Crippen molar-refractivity contribution in [2.45, 2.75) is 39.2 Å². The van der Waals surface area contributed by atoms with E-state index in [1.54, 1.807) is 0 Å². The van der Waals surface area contributed by atoms with Crippen LogP contribution in [-0.4, -0.2) is 74.8 Å². The molecule has 1 aromatic carbocycles. The number of likely N-dealkylation sites (tertiary alicyclic amines) is 1. The molecule has 1 aliphatic carbocycles. The summed E-state index contributed by atoms with van der Waals surface area (Å²) in [6.07, 6.45) is 5.52. The van der Waals surface area contributed by atoms with Crippen molar-refractivity contribution in [3.05, 3.63) is 29.8 Å². The first-order valence-electron chi connectivity index (χ1n) is 11.3. The third kappa shape index (κ3) is 5.43. The van der Waals surface area contributed by atoms with Crippen LogP contribution in [0, 0.1) is 5.41 Å². The highest BCUT2D eigenvalue weighted by Gasteiger charge is 2.43. The van der Waals surface area contributed by atoms with Crippen molar-refractivity contribution >= 4 is 5.96 Å². The summed E-state index contributed by atoms with van der Waals surface area (Å²) in [5.74, 6) is 2.00. The topological polar surface area (TPSA) is 49.3 Å². The largest absolute Gasteiger partial charge is 0.492 e. The lowest BCUT2D eigenvalue weighted by Gasteiger charge is -2.38. The van der Waals surface area contributed by atoms with E-state index in [2.05, 4.69) is 40.2 Å². The van der Waals surface area contributed by atoms with Crippen LogP contribution >= 0.6 is 0 Å². The van der Waals surface area contributed by atoms with E-state index in [9.17, 15) is 0 Å². The molecule has 0 unspecified atom stereocenters. The first-order valence-corrected chi connectivity index (χ1v) is 11.3. The highest BCUT2D eigenvalue weighted by atomic mass is 16.5. The van der Waals surface area contributed by atoms with E-state index in [1.165, 1.54) is 37.8 Å². The molecule has 29 heavy (non-hydrogen) atoms.